The Balaban J connectivity index is 2.43. The van der Waals surface area contributed by atoms with E-state index in [9.17, 15) is 4.79 Å². The monoisotopic (exact) mass is 192 g/mol. The third-order valence-electron chi connectivity index (χ3n) is 2.21. The van der Waals surface area contributed by atoms with Crippen molar-refractivity contribution in [2.24, 2.45) is 0 Å². The lowest BCUT2D eigenvalue weighted by atomic mass is 10.1. The number of benzene rings is 1. The highest BCUT2D eigenvalue weighted by Crippen LogP contribution is 2.16. The summed E-state index contributed by atoms with van der Waals surface area (Å²) in [7, 11) is 0. The number of aldehydes is 1. The number of carbonyl (C=O) groups is 1. The minimum absolute atomic E-state index is 0.574. The van der Waals surface area contributed by atoms with Crippen LogP contribution in [0.25, 0.3) is 0 Å². The van der Waals surface area contributed by atoms with Gasteiger partial charge in [0.25, 0.3) is 0 Å². The van der Waals surface area contributed by atoms with Gasteiger partial charge in [0.1, 0.15) is 12.0 Å². The van der Waals surface area contributed by atoms with Crippen LogP contribution in [0.3, 0.4) is 0 Å². The molecule has 0 amide bonds. The predicted molar refractivity (Wildman–Crippen MR) is 56.7 cm³/mol. The lowest BCUT2D eigenvalue weighted by molar-refractivity contribution is -0.108. The van der Waals surface area contributed by atoms with Gasteiger partial charge < -0.3 is 9.53 Å². The first kappa shape index (κ1) is 10.8. The van der Waals surface area contributed by atoms with Gasteiger partial charge in [-0.2, -0.15) is 0 Å². The standard InChI is InChI=1S/C12H16O2/c1-10-5-6-12(9-11(10)2)14-8-4-3-7-13/h5-7,9H,3-4,8H2,1-2H3. The third-order valence-corrected chi connectivity index (χ3v) is 2.21. The molecule has 76 valence electrons. The second-order valence-electron chi connectivity index (χ2n) is 3.40. The summed E-state index contributed by atoms with van der Waals surface area (Å²) in [6.07, 6.45) is 2.28. The molecule has 0 aliphatic rings. The highest BCUT2D eigenvalue weighted by molar-refractivity contribution is 5.49. The van der Waals surface area contributed by atoms with Gasteiger partial charge in [-0.1, -0.05) is 6.07 Å². The lowest BCUT2D eigenvalue weighted by Gasteiger charge is -2.07. The van der Waals surface area contributed by atoms with Gasteiger partial charge in [0.2, 0.25) is 0 Å². The predicted octanol–water partition coefficient (Wildman–Crippen LogP) is 2.66. The zero-order valence-electron chi connectivity index (χ0n) is 8.75. The number of carbonyl (C=O) groups excluding carboxylic acids is 1. The van der Waals surface area contributed by atoms with E-state index in [1.807, 2.05) is 18.2 Å². The van der Waals surface area contributed by atoms with Crippen molar-refractivity contribution in [3.05, 3.63) is 29.3 Å². The second kappa shape index (κ2) is 5.43. The summed E-state index contributed by atoms with van der Waals surface area (Å²) in [5.74, 6) is 0.888. The van der Waals surface area contributed by atoms with Gasteiger partial charge in [0.05, 0.1) is 6.61 Å². The Morgan fingerprint density at radius 3 is 2.71 bits per heavy atom. The first-order chi connectivity index (χ1) is 6.74. The van der Waals surface area contributed by atoms with E-state index in [0.717, 1.165) is 18.5 Å². The summed E-state index contributed by atoms with van der Waals surface area (Å²) in [6.45, 7) is 4.75. The van der Waals surface area contributed by atoms with Crippen molar-refractivity contribution in [2.45, 2.75) is 26.7 Å². The Hall–Kier alpha value is -1.31. The van der Waals surface area contributed by atoms with Crippen LogP contribution in [0, 0.1) is 13.8 Å². The molecule has 0 heterocycles. The van der Waals surface area contributed by atoms with Gasteiger partial charge in [-0.05, 0) is 43.5 Å². The Kier molecular flexibility index (Phi) is 4.17. The molecule has 0 saturated carbocycles. The van der Waals surface area contributed by atoms with Crippen LogP contribution >= 0.6 is 0 Å². The minimum atomic E-state index is 0.574. The summed E-state index contributed by atoms with van der Waals surface area (Å²) in [6, 6.07) is 6.03. The molecule has 0 atom stereocenters. The van der Waals surface area contributed by atoms with Crippen molar-refractivity contribution in [1.29, 1.82) is 0 Å². The number of rotatable bonds is 5. The van der Waals surface area contributed by atoms with E-state index < -0.39 is 0 Å². The largest absolute Gasteiger partial charge is 0.494 e. The van der Waals surface area contributed by atoms with Crippen molar-refractivity contribution in [3.63, 3.8) is 0 Å². The molecule has 2 nitrogen and oxygen atoms in total. The molecule has 1 aromatic rings. The molecule has 2 heteroatoms. The highest BCUT2D eigenvalue weighted by Gasteiger charge is 1.96. The fraction of sp³-hybridized carbons (Fsp3) is 0.417. The minimum Gasteiger partial charge on any atom is -0.494 e. The molecular weight excluding hydrogens is 176 g/mol. The first-order valence-electron chi connectivity index (χ1n) is 4.87. The molecule has 0 aromatic heterocycles. The fourth-order valence-electron chi connectivity index (χ4n) is 1.16. The SMILES string of the molecule is Cc1ccc(OCCCC=O)cc1C. The molecule has 0 spiro atoms. The Labute approximate surface area is 84.9 Å². The van der Waals surface area contributed by atoms with Gasteiger partial charge >= 0.3 is 0 Å². The third kappa shape index (κ3) is 3.21. The van der Waals surface area contributed by atoms with Crippen molar-refractivity contribution >= 4 is 6.29 Å². The first-order valence-corrected chi connectivity index (χ1v) is 4.87. The van der Waals surface area contributed by atoms with Crippen LogP contribution in [0.5, 0.6) is 5.75 Å². The topological polar surface area (TPSA) is 26.3 Å². The summed E-state index contributed by atoms with van der Waals surface area (Å²) < 4.78 is 5.48. The summed E-state index contributed by atoms with van der Waals surface area (Å²) in [5.41, 5.74) is 2.50. The number of ether oxygens (including phenoxy) is 1. The molecule has 0 bridgehead atoms. The molecule has 0 saturated heterocycles. The number of hydrogen-bond acceptors (Lipinski definition) is 2. The number of aryl methyl sites for hydroxylation is 2. The summed E-state index contributed by atoms with van der Waals surface area (Å²) >= 11 is 0. The molecule has 1 aromatic carbocycles. The zero-order valence-corrected chi connectivity index (χ0v) is 8.75. The maximum absolute atomic E-state index is 10.1. The van der Waals surface area contributed by atoms with Crippen LogP contribution in [0.1, 0.15) is 24.0 Å². The van der Waals surface area contributed by atoms with Crippen LogP contribution in [-0.2, 0) is 4.79 Å². The van der Waals surface area contributed by atoms with Crippen LogP contribution in [0.15, 0.2) is 18.2 Å². The van der Waals surface area contributed by atoms with Crippen LogP contribution < -0.4 is 4.74 Å². The maximum Gasteiger partial charge on any atom is 0.120 e. The fourth-order valence-corrected chi connectivity index (χ4v) is 1.16. The Bertz CT molecular complexity index is 305. The molecule has 14 heavy (non-hydrogen) atoms. The Morgan fingerprint density at radius 2 is 2.07 bits per heavy atom. The van der Waals surface area contributed by atoms with Crippen LogP contribution in [0.4, 0.5) is 0 Å². The van der Waals surface area contributed by atoms with Crippen molar-refractivity contribution in [1.82, 2.24) is 0 Å². The highest BCUT2D eigenvalue weighted by atomic mass is 16.5. The molecule has 0 radical (unpaired) electrons. The van der Waals surface area contributed by atoms with Gasteiger partial charge in [0, 0.05) is 6.42 Å². The quantitative estimate of drug-likeness (QED) is 0.529. The molecule has 0 aliphatic heterocycles. The summed E-state index contributed by atoms with van der Waals surface area (Å²) in [5, 5.41) is 0. The van der Waals surface area contributed by atoms with Crippen molar-refractivity contribution < 1.29 is 9.53 Å². The Morgan fingerprint density at radius 1 is 1.29 bits per heavy atom. The molecule has 0 aliphatic carbocycles. The maximum atomic E-state index is 10.1. The van der Waals surface area contributed by atoms with E-state index in [0.29, 0.717) is 13.0 Å². The zero-order chi connectivity index (χ0) is 10.4. The van der Waals surface area contributed by atoms with Gasteiger partial charge in [-0.15, -0.1) is 0 Å². The average molecular weight is 192 g/mol. The lowest BCUT2D eigenvalue weighted by Crippen LogP contribution is -1.97. The average Bonchev–Trinajstić information content (AvgIpc) is 2.18. The number of hydrogen-bond donors (Lipinski definition) is 0. The molecule has 0 fully saturated rings. The normalized spacial score (nSPS) is 9.86. The van der Waals surface area contributed by atoms with Gasteiger partial charge in [0.15, 0.2) is 0 Å². The molecule has 1 rings (SSSR count). The van der Waals surface area contributed by atoms with E-state index in [-0.39, 0.29) is 0 Å². The van der Waals surface area contributed by atoms with Gasteiger partial charge in [-0.25, -0.2) is 0 Å². The van der Waals surface area contributed by atoms with Gasteiger partial charge in [-0.3, -0.25) is 0 Å². The van der Waals surface area contributed by atoms with Crippen molar-refractivity contribution in [3.8, 4) is 5.75 Å². The van der Waals surface area contributed by atoms with E-state index in [1.165, 1.54) is 11.1 Å². The van der Waals surface area contributed by atoms with E-state index in [2.05, 4.69) is 13.8 Å². The number of unbranched alkanes of at least 4 members (excludes halogenated alkanes) is 1. The second-order valence-corrected chi connectivity index (χ2v) is 3.40. The molecular formula is C12H16O2. The molecule has 0 unspecified atom stereocenters. The van der Waals surface area contributed by atoms with E-state index in [1.54, 1.807) is 0 Å². The smallest absolute Gasteiger partial charge is 0.120 e. The molecule has 0 N–H and O–H groups in total. The van der Waals surface area contributed by atoms with E-state index in [4.69, 9.17) is 4.74 Å². The summed E-state index contributed by atoms with van der Waals surface area (Å²) in [4.78, 5) is 10.1. The van der Waals surface area contributed by atoms with Crippen LogP contribution in [0.2, 0.25) is 0 Å². The van der Waals surface area contributed by atoms with E-state index >= 15 is 0 Å². The van der Waals surface area contributed by atoms with Crippen molar-refractivity contribution in [2.75, 3.05) is 6.61 Å². The van der Waals surface area contributed by atoms with Crippen LogP contribution in [-0.4, -0.2) is 12.9 Å².